The molecule has 1 aromatic heterocycles. The van der Waals surface area contributed by atoms with Crippen molar-refractivity contribution in [2.45, 2.75) is 0 Å². The minimum Gasteiger partial charge on any atom is -0.490 e. The fraction of sp³-hybridized carbons (Fsp3) is 0.154. The van der Waals surface area contributed by atoms with Crippen LogP contribution >= 0.6 is 0 Å². The number of rotatable bonds is 5. The first-order chi connectivity index (χ1) is 8.36. The van der Waals surface area contributed by atoms with Crippen LogP contribution in [0.3, 0.4) is 0 Å². The molecule has 0 atom stereocenters. The Hall–Kier alpha value is -2.23. The third kappa shape index (κ3) is 3.38. The molecule has 4 nitrogen and oxygen atoms in total. The smallest absolute Gasteiger partial charge is 0.237 e. The number of nitrogen functional groups attached to an aromatic ring is 1. The van der Waals surface area contributed by atoms with E-state index < -0.39 is 0 Å². The molecule has 0 radical (unpaired) electrons. The normalized spacial score (nSPS) is 9.88. The minimum atomic E-state index is 0.413. The van der Waals surface area contributed by atoms with Crippen LogP contribution in [0.15, 0.2) is 48.7 Å². The Balaban J connectivity index is 1.76. The Morgan fingerprint density at radius 3 is 2.47 bits per heavy atom. The maximum Gasteiger partial charge on any atom is 0.237 e. The first kappa shape index (κ1) is 11.3. The third-order valence-corrected chi connectivity index (χ3v) is 2.13. The van der Waals surface area contributed by atoms with E-state index in [2.05, 4.69) is 4.98 Å². The number of aromatic nitrogens is 1. The molecule has 0 bridgehead atoms. The highest BCUT2D eigenvalue weighted by Crippen LogP contribution is 2.15. The lowest BCUT2D eigenvalue weighted by Gasteiger charge is -2.08. The quantitative estimate of drug-likeness (QED) is 0.799. The van der Waals surface area contributed by atoms with Gasteiger partial charge in [0.25, 0.3) is 0 Å². The average Bonchev–Trinajstić information content (AvgIpc) is 2.38. The van der Waals surface area contributed by atoms with Gasteiger partial charge < -0.3 is 15.2 Å². The van der Waals surface area contributed by atoms with Crippen molar-refractivity contribution in [3.05, 3.63) is 48.7 Å². The van der Waals surface area contributed by atoms with Gasteiger partial charge in [-0.05, 0) is 24.3 Å². The summed E-state index contributed by atoms with van der Waals surface area (Å²) in [4.78, 5) is 4.02. The van der Waals surface area contributed by atoms with Crippen LogP contribution in [0.4, 0.5) is 5.69 Å². The zero-order chi connectivity index (χ0) is 11.9. The Kier molecular flexibility index (Phi) is 3.81. The number of ether oxygens (including phenoxy) is 2. The molecule has 0 aliphatic heterocycles. The molecular formula is C13H14N2O2. The predicted molar refractivity (Wildman–Crippen MR) is 66.1 cm³/mol. The van der Waals surface area contributed by atoms with E-state index in [1.165, 1.54) is 0 Å². The van der Waals surface area contributed by atoms with E-state index >= 15 is 0 Å². The van der Waals surface area contributed by atoms with Crippen molar-refractivity contribution in [2.24, 2.45) is 0 Å². The highest BCUT2D eigenvalue weighted by molar-refractivity contribution is 5.46. The van der Waals surface area contributed by atoms with Crippen LogP contribution in [0.5, 0.6) is 11.6 Å². The summed E-state index contributed by atoms with van der Waals surface area (Å²) in [5, 5.41) is 0. The van der Waals surface area contributed by atoms with Gasteiger partial charge >= 0.3 is 0 Å². The van der Waals surface area contributed by atoms with Crippen molar-refractivity contribution in [3.63, 3.8) is 0 Å². The maximum absolute atomic E-state index is 5.69. The summed E-state index contributed by atoms with van der Waals surface area (Å²) in [6.45, 7) is 0.871. The van der Waals surface area contributed by atoms with Crippen molar-refractivity contribution in [3.8, 4) is 11.6 Å². The molecule has 0 amide bonds. The molecule has 2 aromatic rings. The average molecular weight is 230 g/mol. The molecule has 0 aliphatic carbocycles. The van der Waals surface area contributed by atoms with Crippen LogP contribution in [-0.4, -0.2) is 18.2 Å². The van der Waals surface area contributed by atoms with Gasteiger partial charge in [0.1, 0.15) is 19.0 Å². The van der Waals surface area contributed by atoms with Gasteiger partial charge in [0, 0.05) is 6.20 Å². The fourth-order valence-corrected chi connectivity index (χ4v) is 1.34. The van der Waals surface area contributed by atoms with Crippen LogP contribution in [0.25, 0.3) is 0 Å². The highest BCUT2D eigenvalue weighted by Gasteiger charge is 1.99. The molecule has 2 N–H and O–H groups in total. The first-order valence-electron chi connectivity index (χ1n) is 5.37. The van der Waals surface area contributed by atoms with E-state index in [0.29, 0.717) is 24.8 Å². The van der Waals surface area contributed by atoms with E-state index in [-0.39, 0.29) is 0 Å². The predicted octanol–water partition coefficient (Wildman–Crippen LogP) is 2.12. The van der Waals surface area contributed by atoms with E-state index in [9.17, 15) is 0 Å². The summed E-state index contributed by atoms with van der Waals surface area (Å²) < 4.78 is 10.9. The van der Waals surface area contributed by atoms with E-state index in [0.717, 1.165) is 5.75 Å². The minimum absolute atomic E-state index is 0.413. The summed E-state index contributed by atoms with van der Waals surface area (Å²) in [6.07, 6.45) is 1.64. The molecule has 1 heterocycles. The van der Waals surface area contributed by atoms with Crippen LogP contribution in [0.2, 0.25) is 0 Å². The summed E-state index contributed by atoms with van der Waals surface area (Å²) in [5.41, 5.74) is 6.22. The standard InChI is InChI=1S/C13H14N2O2/c14-12-7-4-8-15-13(12)17-10-9-16-11-5-2-1-3-6-11/h1-8H,9-10,14H2. The van der Waals surface area contributed by atoms with E-state index in [1.54, 1.807) is 18.3 Å². The molecule has 4 heteroatoms. The number of hydrogen-bond donors (Lipinski definition) is 1. The SMILES string of the molecule is Nc1cccnc1OCCOc1ccccc1. The summed E-state index contributed by atoms with van der Waals surface area (Å²) in [7, 11) is 0. The number of benzene rings is 1. The lowest BCUT2D eigenvalue weighted by Crippen LogP contribution is -2.10. The molecule has 0 saturated heterocycles. The molecule has 1 aromatic carbocycles. The topological polar surface area (TPSA) is 57.4 Å². The van der Waals surface area contributed by atoms with Gasteiger partial charge in [-0.2, -0.15) is 0 Å². The zero-order valence-electron chi connectivity index (χ0n) is 9.37. The van der Waals surface area contributed by atoms with Crippen molar-refractivity contribution in [1.29, 1.82) is 0 Å². The lowest BCUT2D eigenvalue weighted by atomic mass is 10.3. The molecule has 0 spiro atoms. The maximum atomic E-state index is 5.69. The summed E-state index contributed by atoms with van der Waals surface area (Å²) in [6, 6.07) is 13.1. The molecule has 2 rings (SSSR count). The summed E-state index contributed by atoms with van der Waals surface area (Å²) in [5.74, 6) is 1.27. The monoisotopic (exact) mass is 230 g/mol. The second-order valence-corrected chi connectivity index (χ2v) is 3.41. The van der Waals surface area contributed by atoms with E-state index in [4.69, 9.17) is 15.2 Å². The Labute approximate surface area is 100 Å². The lowest BCUT2D eigenvalue weighted by molar-refractivity contribution is 0.213. The fourth-order valence-electron chi connectivity index (χ4n) is 1.34. The highest BCUT2D eigenvalue weighted by atomic mass is 16.5. The summed E-state index contributed by atoms with van der Waals surface area (Å²) >= 11 is 0. The van der Waals surface area contributed by atoms with Gasteiger partial charge in [-0.3, -0.25) is 0 Å². The Bertz CT molecular complexity index is 460. The number of anilines is 1. The molecule has 0 fully saturated rings. The third-order valence-electron chi connectivity index (χ3n) is 2.13. The molecule has 88 valence electrons. The van der Waals surface area contributed by atoms with Gasteiger partial charge in [0.05, 0.1) is 5.69 Å². The van der Waals surface area contributed by atoms with Gasteiger partial charge in [-0.1, -0.05) is 18.2 Å². The van der Waals surface area contributed by atoms with Crippen LogP contribution in [0.1, 0.15) is 0 Å². The number of pyridine rings is 1. The van der Waals surface area contributed by atoms with Gasteiger partial charge in [-0.15, -0.1) is 0 Å². The number of hydrogen-bond acceptors (Lipinski definition) is 4. The van der Waals surface area contributed by atoms with Crippen molar-refractivity contribution < 1.29 is 9.47 Å². The molecular weight excluding hydrogens is 216 g/mol. The van der Waals surface area contributed by atoms with Gasteiger partial charge in [-0.25, -0.2) is 4.98 Å². The van der Waals surface area contributed by atoms with Crippen molar-refractivity contribution in [2.75, 3.05) is 18.9 Å². The van der Waals surface area contributed by atoms with Crippen molar-refractivity contribution >= 4 is 5.69 Å². The Morgan fingerprint density at radius 2 is 1.71 bits per heavy atom. The second-order valence-electron chi connectivity index (χ2n) is 3.41. The Morgan fingerprint density at radius 1 is 0.941 bits per heavy atom. The van der Waals surface area contributed by atoms with Gasteiger partial charge in [0.2, 0.25) is 5.88 Å². The zero-order valence-corrected chi connectivity index (χ0v) is 9.37. The largest absolute Gasteiger partial charge is 0.490 e. The molecule has 0 aliphatic rings. The van der Waals surface area contributed by atoms with Crippen LogP contribution in [0, 0.1) is 0 Å². The van der Waals surface area contributed by atoms with Crippen molar-refractivity contribution in [1.82, 2.24) is 4.98 Å². The van der Waals surface area contributed by atoms with E-state index in [1.807, 2.05) is 30.3 Å². The first-order valence-corrected chi connectivity index (χ1v) is 5.37. The molecule has 0 unspecified atom stereocenters. The number of nitrogens with zero attached hydrogens (tertiary/aromatic N) is 1. The van der Waals surface area contributed by atoms with Gasteiger partial charge in [0.15, 0.2) is 0 Å². The number of nitrogens with two attached hydrogens (primary N) is 1. The number of para-hydroxylation sites is 1. The van der Waals surface area contributed by atoms with Crippen LogP contribution in [-0.2, 0) is 0 Å². The second kappa shape index (κ2) is 5.75. The van der Waals surface area contributed by atoms with Crippen LogP contribution < -0.4 is 15.2 Å². The molecule has 17 heavy (non-hydrogen) atoms. The molecule has 0 saturated carbocycles.